The molecule has 28 heavy (non-hydrogen) atoms. The smallest absolute Gasteiger partial charge is 0.306 e. The van der Waals surface area contributed by atoms with Crippen LogP contribution in [0.1, 0.15) is 32.1 Å². The van der Waals surface area contributed by atoms with Crippen LogP contribution in [0.3, 0.4) is 0 Å². The highest BCUT2D eigenvalue weighted by molar-refractivity contribution is 6.33. The SMILES string of the molecule is O=C(O)CC1(O)CCN(c2c(F)cc(N[C@H]3CCC(=O)NC3=O)cc2Cl)CC1. The van der Waals surface area contributed by atoms with Crippen LogP contribution < -0.4 is 15.5 Å². The molecular weight excluding hydrogens is 393 g/mol. The third-order valence-electron chi connectivity index (χ3n) is 5.09. The highest BCUT2D eigenvalue weighted by atomic mass is 35.5. The minimum absolute atomic E-state index is 0.137. The number of carbonyl (C=O) groups excluding carboxylic acids is 2. The van der Waals surface area contributed by atoms with Gasteiger partial charge in [0.2, 0.25) is 11.8 Å². The monoisotopic (exact) mass is 413 g/mol. The molecule has 2 saturated heterocycles. The van der Waals surface area contributed by atoms with Gasteiger partial charge in [-0.05, 0) is 31.4 Å². The molecule has 10 heteroatoms. The van der Waals surface area contributed by atoms with Crippen LogP contribution in [0.15, 0.2) is 12.1 Å². The number of carboxylic acids is 1. The molecule has 8 nitrogen and oxygen atoms in total. The topological polar surface area (TPSA) is 119 Å². The van der Waals surface area contributed by atoms with E-state index in [0.717, 1.165) is 0 Å². The van der Waals surface area contributed by atoms with E-state index >= 15 is 0 Å². The van der Waals surface area contributed by atoms with Crippen molar-refractivity contribution in [2.24, 2.45) is 0 Å². The zero-order valence-electron chi connectivity index (χ0n) is 15.0. The van der Waals surface area contributed by atoms with Crippen LogP contribution in [0.4, 0.5) is 15.8 Å². The first-order valence-corrected chi connectivity index (χ1v) is 9.33. The summed E-state index contributed by atoms with van der Waals surface area (Å²) in [6.07, 6.45) is 0.521. The molecular formula is C18H21ClFN3O5. The Morgan fingerprint density at radius 1 is 1.36 bits per heavy atom. The number of amides is 2. The summed E-state index contributed by atoms with van der Waals surface area (Å²) < 4.78 is 14.7. The summed E-state index contributed by atoms with van der Waals surface area (Å²) in [6, 6.07) is 2.07. The lowest BCUT2D eigenvalue weighted by molar-refractivity contribution is -0.143. The maximum absolute atomic E-state index is 14.7. The van der Waals surface area contributed by atoms with Gasteiger partial charge in [0.05, 0.1) is 22.7 Å². The van der Waals surface area contributed by atoms with Gasteiger partial charge in [-0.15, -0.1) is 0 Å². The van der Waals surface area contributed by atoms with Crippen LogP contribution in [-0.4, -0.2) is 52.7 Å². The number of rotatable bonds is 5. The van der Waals surface area contributed by atoms with E-state index < -0.39 is 29.3 Å². The number of hydrogen-bond donors (Lipinski definition) is 4. The quantitative estimate of drug-likeness (QED) is 0.540. The number of carbonyl (C=O) groups is 3. The first kappa shape index (κ1) is 20.3. The van der Waals surface area contributed by atoms with E-state index in [9.17, 15) is 23.9 Å². The van der Waals surface area contributed by atoms with Crippen molar-refractivity contribution in [2.45, 2.75) is 43.7 Å². The van der Waals surface area contributed by atoms with Crippen LogP contribution in [0.25, 0.3) is 0 Å². The van der Waals surface area contributed by atoms with E-state index in [0.29, 0.717) is 12.1 Å². The van der Waals surface area contributed by atoms with Crippen LogP contribution >= 0.6 is 11.6 Å². The Balaban J connectivity index is 1.70. The van der Waals surface area contributed by atoms with Crippen molar-refractivity contribution in [2.75, 3.05) is 23.3 Å². The largest absolute Gasteiger partial charge is 0.481 e. The Morgan fingerprint density at radius 3 is 2.61 bits per heavy atom. The number of anilines is 2. The molecule has 0 aromatic heterocycles. The predicted octanol–water partition coefficient (Wildman–Crippen LogP) is 1.50. The second kappa shape index (κ2) is 7.92. The van der Waals surface area contributed by atoms with Gasteiger partial charge in [0.25, 0.3) is 0 Å². The number of aliphatic carboxylic acids is 1. The van der Waals surface area contributed by atoms with E-state index in [1.54, 1.807) is 4.90 Å². The second-order valence-electron chi connectivity index (χ2n) is 7.22. The number of carboxylic acid groups (broad SMARTS) is 1. The molecule has 2 heterocycles. The Bertz CT molecular complexity index is 787. The molecule has 0 bridgehead atoms. The molecule has 1 aromatic rings. The lowest BCUT2D eigenvalue weighted by Gasteiger charge is -2.39. The van der Waals surface area contributed by atoms with Gasteiger partial charge in [0, 0.05) is 25.2 Å². The van der Waals surface area contributed by atoms with Crippen molar-refractivity contribution in [1.82, 2.24) is 5.32 Å². The average Bonchev–Trinajstić information content (AvgIpc) is 2.58. The number of imide groups is 1. The summed E-state index contributed by atoms with van der Waals surface area (Å²) in [5.41, 5.74) is -0.813. The third-order valence-corrected chi connectivity index (χ3v) is 5.38. The molecule has 1 aromatic carbocycles. The van der Waals surface area contributed by atoms with Crippen LogP contribution in [0, 0.1) is 5.82 Å². The maximum atomic E-state index is 14.7. The molecule has 152 valence electrons. The van der Waals surface area contributed by atoms with Crippen molar-refractivity contribution in [3.05, 3.63) is 23.0 Å². The number of piperidine rings is 2. The molecule has 2 amide bonds. The number of halogens is 2. The van der Waals surface area contributed by atoms with E-state index in [2.05, 4.69) is 10.6 Å². The Labute approximate surface area is 165 Å². The molecule has 1 atom stereocenters. The average molecular weight is 414 g/mol. The Hall–Kier alpha value is -2.39. The van der Waals surface area contributed by atoms with Crippen molar-refractivity contribution >= 4 is 40.8 Å². The summed E-state index contributed by atoms with van der Waals surface area (Å²) in [5, 5.41) is 24.4. The van der Waals surface area contributed by atoms with Gasteiger partial charge in [-0.25, -0.2) is 4.39 Å². The molecule has 0 aliphatic carbocycles. The molecule has 2 aliphatic heterocycles. The number of aliphatic hydroxyl groups is 1. The molecule has 0 unspecified atom stereocenters. The maximum Gasteiger partial charge on any atom is 0.306 e. The van der Waals surface area contributed by atoms with Gasteiger partial charge >= 0.3 is 5.97 Å². The number of nitrogens with one attached hydrogen (secondary N) is 2. The number of hydrogen-bond acceptors (Lipinski definition) is 6. The predicted molar refractivity (Wildman–Crippen MR) is 99.9 cm³/mol. The highest BCUT2D eigenvalue weighted by Gasteiger charge is 2.36. The fourth-order valence-corrected chi connectivity index (χ4v) is 3.92. The minimum atomic E-state index is -1.31. The fourth-order valence-electron chi connectivity index (χ4n) is 3.59. The zero-order chi connectivity index (χ0) is 20.5. The summed E-state index contributed by atoms with van der Waals surface area (Å²) in [4.78, 5) is 35.6. The van der Waals surface area contributed by atoms with Crippen LogP contribution in [0.2, 0.25) is 5.02 Å². The third kappa shape index (κ3) is 4.53. The van der Waals surface area contributed by atoms with E-state index in [4.69, 9.17) is 16.7 Å². The van der Waals surface area contributed by atoms with Gasteiger partial charge in [-0.1, -0.05) is 11.6 Å². The van der Waals surface area contributed by atoms with Crippen molar-refractivity contribution in [3.63, 3.8) is 0 Å². The highest BCUT2D eigenvalue weighted by Crippen LogP contribution is 2.36. The molecule has 2 aliphatic rings. The molecule has 0 saturated carbocycles. The zero-order valence-corrected chi connectivity index (χ0v) is 15.8. The normalized spacial score (nSPS) is 22.0. The summed E-state index contributed by atoms with van der Waals surface area (Å²) >= 11 is 6.27. The molecule has 2 fully saturated rings. The summed E-state index contributed by atoms with van der Waals surface area (Å²) in [6.45, 7) is 0.528. The van der Waals surface area contributed by atoms with E-state index in [1.165, 1.54) is 12.1 Å². The standard InChI is InChI=1S/C18H21ClFN3O5/c19-11-7-10(21-13-1-2-14(24)22-17(13)27)8-12(20)16(11)23-5-3-18(28,4-6-23)9-15(25)26/h7-8,13,21,28H,1-6,9H2,(H,25,26)(H,22,24,27)/t13-/m0/s1. The van der Waals surface area contributed by atoms with Crippen molar-refractivity contribution in [1.29, 1.82) is 0 Å². The van der Waals surface area contributed by atoms with Crippen LogP contribution in [0.5, 0.6) is 0 Å². The first-order valence-electron chi connectivity index (χ1n) is 8.95. The van der Waals surface area contributed by atoms with E-state index in [1.807, 2.05) is 0 Å². The van der Waals surface area contributed by atoms with Gasteiger partial charge in [0.1, 0.15) is 11.9 Å². The minimum Gasteiger partial charge on any atom is -0.481 e. The van der Waals surface area contributed by atoms with Gasteiger partial charge < -0.3 is 20.4 Å². The number of nitrogens with zero attached hydrogens (tertiary/aromatic N) is 1. The fraction of sp³-hybridized carbons (Fsp3) is 0.500. The Morgan fingerprint density at radius 2 is 2.04 bits per heavy atom. The second-order valence-corrected chi connectivity index (χ2v) is 7.63. The Kier molecular flexibility index (Phi) is 5.76. The van der Waals surface area contributed by atoms with Gasteiger partial charge in [0.15, 0.2) is 0 Å². The van der Waals surface area contributed by atoms with Crippen molar-refractivity contribution in [3.8, 4) is 0 Å². The van der Waals surface area contributed by atoms with Crippen molar-refractivity contribution < 1.29 is 29.0 Å². The molecule has 4 N–H and O–H groups in total. The molecule has 0 radical (unpaired) electrons. The molecule has 3 rings (SSSR count). The number of benzene rings is 1. The van der Waals surface area contributed by atoms with E-state index in [-0.39, 0.29) is 55.4 Å². The summed E-state index contributed by atoms with van der Waals surface area (Å²) in [5.74, 6) is -2.48. The first-order chi connectivity index (χ1) is 13.2. The lowest BCUT2D eigenvalue weighted by Crippen LogP contribution is -2.47. The van der Waals surface area contributed by atoms with Gasteiger partial charge in [-0.3, -0.25) is 19.7 Å². The lowest BCUT2D eigenvalue weighted by atomic mass is 9.88. The summed E-state index contributed by atoms with van der Waals surface area (Å²) in [7, 11) is 0. The van der Waals surface area contributed by atoms with Crippen LogP contribution in [-0.2, 0) is 14.4 Å². The van der Waals surface area contributed by atoms with Gasteiger partial charge in [-0.2, -0.15) is 0 Å². The molecule has 0 spiro atoms.